The van der Waals surface area contributed by atoms with Crippen LogP contribution in [0.4, 0.5) is 0 Å². The molecule has 0 saturated heterocycles. The lowest BCUT2D eigenvalue weighted by atomic mass is 9.60. The standard InChI is InChI=1S/C34H62O6/c1-9-24(2)32(8,31(5,6)7)30(35)40-34(39-26(4)37-29-18-14-11-15-19-29)27-20-22-33(34,23-21-27)38-25(3)36-28-16-12-10-13-17-28/h24-30,35H,9-23H2,1-8H3. The molecule has 0 spiro atoms. The smallest absolute Gasteiger partial charge is 0.205 e. The third-order valence-electron chi connectivity index (χ3n) is 11.6. The monoisotopic (exact) mass is 566 g/mol. The summed E-state index contributed by atoms with van der Waals surface area (Å²) in [6.07, 6.45) is 15.0. The van der Waals surface area contributed by atoms with E-state index in [9.17, 15) is 5.11 Å². The number of rotatable bonds is 13. The van der Waals surface area contributed by atoms with Gasteiger partial charge in [0.25, 0.3) is 0 Å². The van der Waals surface area contributed by atoms with E-state index in [1.165, 1.54) is 38.5 Å². The summed E-state index contributed by atoms with van der Waals surface area (Å²) in [6, 6.07) is 0. The van der Waals surface area contributed by atoms with Crippen molar-refractivity contribution in [3.8, 4) is 0 Å². The lowest BCUT2D eigenvalue weighted by Crippen LogP contribution is -2.62. The second-order valence-electron chi connectivity index (χ2n) is 14.9. The lowest BCUT2D eigenvalue weighted by molar-refractivity contribution is -0.424. The first kappa shape index (κ1) is 32.7. The van der Waals surface area contributed by atoms with E-state index in [1.807, 2.05) is 13.8 Å². The van der Waals surface area contributed by atoms with Gasteiger partial charge < -0.3 is 28.8 Å². The summed E-state index contributed by atoms with van der Waals surface area (Å²) in [5, 5.41) is 12.1. The first-order chi connectivity index (χ1) is 18.9. The molecule has 0 aliphatic heterocycles. The van der Waals surface area contributed by atoms with Gasteiger partial charge in [0.1, 0.15) is 5.60 Å². The van der Waals surface area contributed by atoms with E-state index >= 15 is 0 Å². The van der Waals surface area contributed by atoms with Gasteiger partial charge in [-0.15, -0.1) is 0 Å². The molecule has 4 aliphatic rings. The van der Waals surface area contributed by atoms with Gasteiger partial charge in [-0.25, -0.2) is 0 Å². The van der Waals surface area contributed by atoms with Crippen LogP contribution in [0.3, 0.4) is 0 Å². The average Bonchev–Trinajstić information content (AvgIpc) is 3.34. The highest BCUT2D eigenvalue weighted by molar-refractivity contribution is 5.13. The van der Waals surface area contributed by atoms with E-state index < -0.39 is 29.4 Å². The van der Waals surface area contributed by atoms with Crippen LogP contribution in [-0.2, 0) is 23.7 Å². The zero-order valence-corrected chi connectivity index (χ0v) is 27.1. The van der Waals surface area contributed by atoms with Gasteiger partial charge in [-0.2, -0.15) is 0 Å². The molecule has 2 bridgehead atoms. The Balaban J connectivity index is 1.62. The first-order valence-corrected chi connectivity index (χ1v) is 16.9. The molecule has 0 radical (unpaired) electrons. The van der Waals surface area contributed by atoms with Gasteiger partial charge in [0.05, 0.1) is 12.2 Å². The predicted molar refractivity (Wildman–Crippen MR) is 159 cm³/mol. The first-order valence-electron chi connectivity index (χ1n) is 16.9. The Hall–Kier alpha value is -0.240. The molecule has 6 unspecified atom stereocenters. The molecule has 234 valence electrons. The van der Waals surface area contributed by atoms with Gasteiger partial charge in [0, 0.05) is 11.3 Å². The highest BCUT2D eigenvalue weighted by atomic mass is 16.8. The third kappa shape index (κ3) is 6.48. The molecule has 40 heavy (non-hydrogen) atoms. The van der Waals surface area contributed by atoms with E-state index in [4.69, 9.17) is 23.7 Å². The molecule has 0 amide bonds. The fourth-order valence-electron chi connectivity index (χ4n) is 8.45. The number of aliphatic hydroxyl groups excluding tert-OH is 1. The molecule has 4 aliphatic carbocycles. The molecule has 1 N–H and O–H groups in total. The van der Waals surface area contributed by atoms with Gasteiger partial charge in [0.15, 0.2) is 18.9 Å². The molecule has 4 rings (SSSR count). The van der Waals surface area contributed by atoms with Crippen molar-refractivity contribution < 1.29 is 28.8 Å². The van der Waals surface area contributed by atoms with Gasteiger partial charge in [0.2, 0.25) is 5.79 Å². The minimum absolute atomic E-state index is 0.141. The minimum Gasteiger partial charge on any atom is -0.367 e. The van der Waals surface area contributed by atoms with E-state index in [2.05, 4.69) is 41.5 Å². The van der Waals surface area contributed by atoms with Crippen LogP contribution in [0.15, 0.2) is 0 Å². The second-order valence-corrected chi connectivity index (χ2v) is 14.9. The van der Waals surface area contributed by atoms with Crippen LogP contribution in [-0.4, -0.2) is 47.6 Å². The van der Waals surface area contributed by atoms with Gasteiger partial charge >= 0.3 is 0 Å². The summed E-state index contributed by atoms with van der Waals surface area (Å²) >= 11 is 0. The van der Waals surface area contributed by atoms with E-state index in [0.717, 1.165) is 57.8 Å². The Kier molecular flexibility index (Phi) is 10.8. The highest BCUT2D eigenvalue weighted by Crippen LogP contribution is 2.62. The maximum absolute atomic E-state index is 12.1. The van der Waals surface area contributed by atoms with Crippen molar-refractivity contribution in [2.24, 2.45) is 22.7 Å². The van der Waals surface area contributed by atoms with Crippen molar-refractivity contribution in [2.75, 3.05) is 0 Å². The Morgan fingerprint density at radius 2 is 1.18 bits per heavy atom. The second kappa shape index (κ2) is 13.2. The molecule has 6 heteroatoms. The molecule has 4 fully saturated rings. The Labute approximate surface area is 245 Å². The molecular weight excluding hydrogens is 504 g/mol. The number of hydrogen-bond donors (Lipinski definition) is 1. The van der Waals surface area contributed by atoms with Crippen LogP contribution in [0.5, 0.6) is 0 Å². The molecule has 4 saturated carbocycles. The van der Waals surface area contributed by atoms with Crippen molar-refractivity contribution in [3.05, 3.63) is 0 Å². The summed E-state index contributed by atoms with van der Waals surface area (Å²) in [7, 11) is 0. The molecule has 6 atom stereocenters. The maximum atomic E-state index is 12.1. The fourth-order valence-corrected chi connectivity index (χ4v) is 8.45. The number of aliphatic hydroxyl groups is 1. The van der Waals surface area contributed by atoms with Gasteiger partial charge in [-0.1, -0.05) is 86.5 Å². The van der Waals surface area contributed by atoms with Crippen molar-refractivity contribution in [3.63, 3.8) is 0 Å². The Morgan fingerprint density at radius 3 is 1.62 bits per heavy atom. The minimum atomic E-state index is -1.08. The quantitative estimate of drug-likeness (QED) is 0.226. The zero-order chi connectivity index (χ0) is 29.2. The zero-order valence-electron chi connectivity index (χ0n) is 27.1. The molecule has 0 aromatic heterocycles. The van der Waals surface area contributed by atoms with Gasteiger partial charge in [-0.3, -0.25) is 0 Å². The predicted octanol–water partition coefficient (Wildman–Crippen LogP) is 8.48. The van der Waals surface area contributed by atoms with Crippen LogP contribution in [0.25, 0.3) is 0 Å². The van der Waals surface area contributed by atoms with Gasteiger partial charge in [-0.05, 0) is 76.5 Å². The summed E-state index contributed by atoms with van der Waals surface area (Å²) in [4.78, 5) is 0. The SMILES string of the molecule is CCC(C)C(C)(C(O)OC1(OC(C)OC2CCCCC2)C2CCC1(OC(C)OC1CCCCC1)CC2)C(C)(C)C. The van der Waals surface area contributed by atoms with Crippen LogP contribution in [0, 0.1) is 22.7 Å². The molecule has 0 aromatic rings. The number of fused-ring (bicyclic) bond motifs is 2. The van der Waals surface area contributed by atoms with Crippen LogP contribution < -0.4 is 0 Å². The van der Waals surface area contributed by atoms with Crippen molar-refractivity contribution in [1.29, 1.82) is 0 Å². The molecule has 0 heterocycles. The summed E-state index contributed by atoms with van der Waals surface area (Å²) < 4.78 is 33.9. The topological polar surface area (TPSA) is 66.4 Å². The van der Waals surface area contributed by atoms with Crippen LogP contribution >= 0.6 is 0 Å². The summed E-state index contributed by atoms with van der Waals surface area (Å²) in [5.41, 5.74) is -1.35. The summed E-state index contributed by atoms with van der Waals surface area (Å²) in [5.74, 6) is -0.687. The Bertz CT molecular complexity index is 776. The fraction of sp³-hybridized carbons (Fsp3) is 1.00. The van der Waals surface area contributed by atoms with Crippen LogP contribution in [0.1, 0.15) is 152 Å². The lowest BCUT2D eigenvalue weighted by Gasteiger charge is -2.53. The van der Waals surface area contributed by atoms with E-state index in [-0.39, 0.29) is 35.7 Å². The number of ether oxygens (including phenoxy) is 5. The maximum Gasteiger partial charge on any atom is 0.205 e. The largest absolute Gasteiger partial charge is 0.367 e. The number of hydrogen-bond acceptors (Lipinski definition) is 6. The Morgan fingerprint density at radius 1 is 0.700 bits per heavy atom. The molecule has 0 aromatic carbocycles. The normalized spacial score (nSPS) is 34.9. The van der Waals surface area contributed by atoms with Crippen molar-refractivity contribution >= 4 is 0 Å². The van der Waals surface area contributed by atoms with E-state index in [1.54, 1.807) is 0 Å². The highest BCUT2D eigenvalue weighted by Gasteiger charge is 2.71. The molecular formula is C34H62O6. The molecule has 6 nitrogen and oxygen atoms in total. The average molecular weight is 567 g/mol. The van der Waals surface area contributed by atoms with Crippen molar-refractivity contribution in [1.82, 2.24) is 0 Å². The third-order valence-corrected chi connectivity index (χ3v) is 11.6. The summed E-state index contributed by atoms with van der Waals surface area (Å²) in [6.45, 7) is 17.3. The van der Waals surface area contributed by atoms with E-state index in [0.29, 0.717) is 0 Å². The van der Waals surface area contributed by atoms with Crippen molar-refractivity contribution in [2.45, 2.75) is 194 Å². The van der Waals surface area contributed by atoms with Crippen LogP contribution in [0.2, 0.25) is 0 Å².